The maximum atomic E-state index is 11.0. The predicted molar refractivity (Wildman–Crippen MR) is 553 cm³/mol. The Kier molecular flexibility index (Phi) is 61.0. The summed E-state index contributed by atoms with van der Waals surface area (Å²) in [5, 5.41) is 171. The number of carbonyl (C=O) groups excluding carboxylic acids is 9. The second kappa shape index (κ2) is 68.4. The van der Waals surface area contributed by atoms with Crippen molar-refractivity contribution in [3.05, 3.63) is 453 Å². The largest absolute Gasteiger partial charge is 0.872 e. The van der Waals surface area contributed by atoms with Gasteiger partial charge in [-0.15, -0.1) is 0 Å². The van der Waals surface area contributed by atoms with Crippen LogP contribution < -0.4 is 61.3 Å². The number of hydrogen-bond donors (Lipinski definition) is 5. The van der Waals surface area contributed by atoms with Gasteiger partial charge in [0, 0.05) is 101 Å². The summed E-state index contributed by atoms with van der Waals surface area (Å²) in [6.07, 6.45) is 0. The van der Waals surface area contributed by atoms with Crippen LogP contribution in [0.25, 0.3) is 0 Å². The van der Waals surface area contributed by atoms with Gasteiger partial charge in [-0.2, -0.15) is 0 Å². The number of halogens is 13. The number of carboxylic acids is 12. The number of aryl methyl sites for hydroxylation is 3. The van der Waals surface area contributed by atoms with Crippen LogP contribution in [0.1, 0.15) is 181 Å². The molecule has 44 heteroatoms. The zero-order chi connectivity index (χ0) is 113. The van der Waals surface area contributed by atoms with Crippen molar-refractivity contribution >= 4 is 260 Å². The molecule has 0 aliphatic carbocycles. The summed E-state index contributed by atoms with van der Waals surface area (Å²) in [6, 6.07) is 73.8. The van der Waals surface area contributed by atoms with Crippen LogP contribution in [0.4, 0.5) is 0 Å². The van der Waals surface area contributed by atoms with E-state index >= 15 is 0 Å². The summed E-state index contributed by atoms with van der Waals surface area (Å²) in [5.74, 6) is -16.7. The van der Waals surface area contributed by atoms with E-state index in [1.54, 1.807) is 162 Å². The molecule has 0 bridgehead atoms. The molecule has 31 nitrogen and oxygen atoms in total. The molecule has 5 N–H and O–H groups in total. The molecule has 0 unspecified atom stereocenters. The number of carboxylic acid groups (broad SMARTS) is 12. The minimum Gasteiger partial charge on any atom is -0.872 e. The van der Waals surface area contributed by atoms with Gasteiger partial charge in [0.15, 0.2) is 11.6 Å². The smallest absolute Gasteiger partial charge is 0.336 e. The Morgan fingerprint density at radius 3 is 0.993 bits per heavy atom. The molecule has 0 aliphatic rings. The summed E-state index contributed by atoms with van der Waals surface area (Å²) in [7, 11) is 0. The van der Waals surface area contributed by atoms with E-state index in [0.29, 0.717) is 55.8 Å². The van der Waals surface area contributed by atoms with Gasteiger partial charge < -0.3 is 120 Å². The third-order valence-corrected chi connectivity index (χ3v) is 22.6. The van der Waals surface area contributed by atoms with E-state index < -0.39 is 100 Å². The monoisotopic (exact) mass is 2530 g/mol. The highest BCUT2D eigenvalue weighted by atomic mass is 79.9. The van der Waals surface area contributed by atoms with Crippen LogP contribution in [0.15, 0.2) is 318 Å². The number of hydrogen-bond acceptors (Lipinski definition) is 26. The van der Waals surface area contributed by atoms with Crippen molar-refractivity contribution in [3.8, 4) is 28.7 Å². The van der Waals surface area contributed by atoms with E-state index in [-0.39, 0.29) is 97.9 Å². The maximum Gasteiger partial charge on any atom is 0.336 e. The standard InChI is InChI=1S/C8H7BrO.3C8H7ClO2.C8H7ClO.C8H8O2.4C7H5BrO3.C7H5BrO2.C7H5ClO3.2C7H5ClO2/c1-6(10)7-2-4-8(9)5-3-7;1-5-2-3-6(9)4-7(5)8(10)11;1-5-6(8(10)11)3-2-4-7(5)9;1-5-3-2-4-6(9)7(5)8(10)11;1-6(10)7-2-4-8(9)5-3-7;1-6-4-2-3-5-7(6)8(9)10;8-4-1-2-6(9)5(3-4)7(10)11;8-4-1-2-5(7(10)11)6(9)3-4;8-4-2-1-3-5(9)6(4)7(10)11;8-5-3-1-2-4(6(5)9)7(10)11;8-6-3-1-2-5(4-6)7(9)10;8-4-1-2-5(7(10)11)6(9)3-4;8-6-3-1-2-5(4-6)7(9)10;8-6-4-2-1-3-5(6)7(9)10/h2-5H,1H3;3*2-4H,1H3,(H,10,11);2-5H,1H3;2-5H,1H3,(H,9,10);4*1-3,9H,(H,10,11);1-4H,(H,9,10);1-3,9H,(H,10,11);2*1-4H,(H,9,10)/p-12. The molecule has 0 fully saturated rings. The van der Waals surface area contributed by atoms with Gasteiger partial charge in [0.2, 0.25) is 0 Å². The van der Waals surface area contributed by atoms with E-state index in [1.165, 1.54) is 153 Å². The zero-order valence-electron chi connectivity index (χ0n) is 76.5. The quantitative estimate of drug-likeness (QED) is 0.0631. The van der Waals surface area contributed by atoms with Crippen molar-refractivity contribution in [2.24, 2.45) is 0 Å². The molecule has 0 aromatic heterocycles. The van der Waals surface area contributed by atoms with E-state index in [0.717, 1.165) is 26.1 Å². The zero-order valence-corrected chi connectivity index (χ0v) is 91.3. The first kappa shape index (κ1) is 132. The van der Waals surface area contributed by atoms with Crippen LogP contribution in [0.3, 0.4) is 0 Å². The van der Waals surface area contributed by atoms with Crippen molar-refractivity contribution in [3.63, 3.8) is 0 Å². The molecule has 776 valence electrons. The Morgan fingerprint density at radius 2 is 0.601 bits per heavy atom. The van der Waals surface area contributed by atoms with Gasteiger partial charge in [-0.1, -0.05) is 335 Å². The average molecular weight is 2540 g/mol. The van der Waals surface area contributed by atoms with Crippen LogP contribution in [0, 0.1) is 27.7 Å². The molecule has 14 aromatic rings. The van der Waals surface area contributed by atoms with Crippen molar-refractivity contribution in [1.82, 2.24) is 0 Å². The molecule has 0 amide bonds. The second-order valence-electron chi connectivity index (χ2n) is 27.9. The Balaban J connectivity index is 0.000000797. The fourth-order valence-corrected chi connectivity index (χ4v) is 13.6. The number of Topliss-reactive ketones (excluding diaryl/α,β-unsaturated/α-hetero) is 2. The minimum absolute atomic E-state index is 0.0316. The first-order valence-corrected chi connectivity index (χ1v) is 47.7. The van der Waals surface area contributed by atoms with E-state index in [1.807, 2.05) is 12.1 Å². The second-order valence-corrected chi connectivity index (χ2v) is 36.3. The van der Waals surface area contributed by atoms with Gasteiger partial charge in [0.25, 0.3) is 0 Å². The van der Waals surface area contributed by atoms with Crippen LogP contribution in [-0.4, -0.2) is 109 Å². The third kappa shape index (κ3) is 50.4. The van der Waals surface area contributed by atoms with Crippen LogP contribution >= 0.6 is 177 Å². The van der Waals surface area contributed by atoms with E-state index in [9.17, 15) is 128 Å². The SMILES string of the molecule is CC(=O)c1ccc(Br)cc1.CC(=O)c1ccc(Cl)cc1.Cc1c(Cl)cccc1C(=O)[O-].Cc1ccc(Cl)cc1C(=O)[O-].Cc1cccc(Cl)c1C(=O)[O-].Cc1ccccc1C(=O)[O-].O=C(O)c1c([O-])cccc1Br.O=C(O)c1cc(Br)ccc1[O-].O=C(O)c1ccc(Br)cc1[O-].O=C(O)c1ccc(Cl)cc1[O-].O=C(O)c1cccc(Br)c1[O-].O=C([O-])c1cccc(Br)c1.O=C([O-])c1cccc(Cl)c1.O=C([O-])c1ccccc1Cl. The number of carbonyl (C=O) groups is 14. The molecule has 0 saturated carbocycles. The summed E-state index contributed by atoms with van der Waals surface area (Å²) < 4.78 is 3.52. The summed E-state index contributed by atoms with van der Waals surface area (Å²) in [4.78, 5) is 145. The molecule has 0 saturated heterocycles. The van der Waals surface area contributed by atoms with Crippen LogP contribution in [-0.2, 0) is 0 Å². The van der Waals surface area contributed by atoms with Crippen LogP contribution in [0.5, 0.6) is 28.7 Å². The molecular weight excluding hydrogens is 2470 g/mol. The third-order valence-electron chi connectivity index (χ3n) is 17.3. The highest BCUT2D eigenvalue weighted by Crippen LogP contribution is 2.28. The number of rotatable bonds is 14. The molecule has 0 spiro atoms. The van der Waals surface area contributed by atoms with Gasteiger partial charge in [-0.3, -0.25) is 9.59 Å². The number of para-hydroxylation sites is 1. The number of ketones is 2. The lowest BCUT2D eigenvalue weighted by molar-refractivity contribution is -0.270. The first-order valence-electron chi connectivity index (χ1n) is 40.3. The molecule has 148 heavy (non-hydrogen) atoms. The lowest BCUT2D eigenvalue weighted by Gasteiger charge is -2.10. The van der Waals surface area contributed by atoms with Gasteiger partial charge in [-0.05, 0) is 236 Å². The fourth-order valence-electron chi connectivity index (χ4n) is 9.97. The van der Waals surface area contributed by atoms with Gasteiger partial charge >= 0.3 is 29.8 Å². The first-order chi connectivity index (χ1) is 69.2. The molecule has 0 aliphatic heterocycles. The lowest BCUT2D eigenvalue weighted by Crippen LogP contribution is -2.23. The fraction of sp³-hybridized carbons (Fsp3) is 0.0577. The van der Waals surface area contributed by atoms with E-state index in [4.69, 9.17) is 107 Å². The topological polar surface area (TPSA) is 617 Å². The molecular formula is C104H71Br6Cl7O31-12. The van der Waals surface area contributed by atoms with E-state index in [2.05, 4.69) is 95.6 Å². The minimum atomic E-state index is -1.24. The number of benzene rings is 14. The average Bonchev–Trinajstić information content (AvgIpc) is 0.843. The Morgan fingerprint density at radius 1 is 0.230 bits per heavy atom. The molecule has 0 radical (unpaired) electrons. The molecule has 14 rings (SSSR count). The van der Waals surface area contributed by atoms with Gasteiger partial charge in [-0.25, -0.2) is 24.0 Å². The molecule has 14 aromatic carbocycles. The predicted octanol–water partition coefficient (Wildman–Crippen LogP) is 16.8. The highest BCUT2D eigenvalue weighted by molar-refractivity contribution is 9.11. The molecule has 0 atom stereocenters. The Hall–Kier alpha value is -14.0. The van der Waals surface area contributed by atoms with Crippen LogP contribution in [0.2, 0.25) is 35.2 Å². The number of aromatic carboxylic acids is 12. The van der Waals surface area contributed by atoms with Gasteiger partial charge in [0.05, 0.1) is 69.6 Å². The Bertz CT molecular complexity index is 6540. The van der Waals surface area contributed by atoms with Crippen molar-refractivity contribution in [2.45, 2.75) is 41.5 Å². The van der Waals surface area contributed by atoms with Crippen molar-refractivity contribution < 1.29 is 154 Å². The summed E-state index contributed by atoms with van der Waals surface area (Å²) >= 11 is 57.3. The Labute approximate surface area is 929 Å². The maximum absolute atomic E-state index is 11.0. The highest BCUT2D eigenvalue weighted by Gasteiger charge is 2.12. The van der Waals surface area contributed by atoms with Crippen molar-refractivity contribution in [1.29, 1.82) is 0 Å². The molecule has 0 heterocycles. The summed E-state index contributed by atoms with van der Waals surface area (Å²) in [5.41, 5.74) is 3.91. The normalized spacial score (nSPS) is 9.48. The van der Waals surface area contributed by atoms with Gasteiger partial charge in [0.1, 0.15) is 0 Å². The van der Waals surface area contributed by atoms with Crippen molar-refractivity contribution in [2.75, 3.05) is 0 Å². The summed E-state index contributed by atoms with van der Waals surface area (Å²) in [6.45, 7) is 9.85. The lowest BCUT2D eigenvalue weighted by atomic mass is 10.1.